The number of carbonyl (C=O) groups is 2. The molecule has 1 amide bonds. The van der Waals surface area contributed by atoms with E-state index >= 15 is 0 Å². The fourth-order valence-electron chi connectivity index (χ4n) is 1.46. The molecular weight excluding hydrogens is 302 g/mol. The first-order valence-electron chi connectivity index (χ1n) is 6.19. The first-order valence-corrected chi connectivity index (χ1v) is 6.57. The fraction of sp³-hybridized carbons (Fsp3) is 0.417. The Bertz CT molecular complexity index is 550. The van der Waals surface area contributed by atoms with Gasteiger partial charge in [-0.1, -0.05) is 11.6 Å². The number of amides is 1. The molecule has 0 radical (unpaired) electrons. The van der Waals surface area contributed by atoms with E-state index in [4.69, 9.17) is 16.3 Å². The normalized spacial score (nSPS) is 10.0. The maximum Gasteiger partial charge on any atom is 0.305 e. The van der Waals surface area contributed by atoms with Gasteiger partial charge in [0.2, 0.25) is 0 Å². The molecule has 0 spiro atoms. The Hall–Kier alpha value is -2.22. The summed E-state index contributed by atoms with van der Waals surface area (Å²) in [6.07, 6.45) is 1.54. The van der Waals surface area contributed by atoms with E-state index in [0.29, 0.717) is 13.0 Å². The molecule has 0 aliphatic rings. The maximum atomic E-state index is 11.8. The summed E-state index contributed by atoms with van der Waals surface area (Å²) in [7, 11) is 0. The summed E-state index contributed by atoms with van der Waals surface area (Å²) in [6.45, 7) is 2.23. The first kappa shape index (κ1) is 16.8. The van der Waals surface area contributed by atoms with E-state index in [9.17, 15) is 19.7 Å². The van der Waals surface area contributed by atoms with Crippen molar-refractivity contribution in [1.82, 2.24) is 10.3 Å². The van der Waals surface area contributed by atoms with Crippen LogP contribution < -0.4 is 5.32 Å². The molecule has 1 rings (SSSR count). The van der Waals surface area contributed by atoms with Gasteiger partial charge in [0.15, 0.2) is 0 Å². The molecule has 0 saturated carbocycles. The minimum Gasteiger partial charge on any atom is -0.466 e. The number of aromatic nitrogens is 1. The van der Waals surface area contributed by atoms with Crippen molar-refractivity contribution in [2.45, 2.75) is 19.8 Å². The molecule has 0 fully saturated rings. The third-order valence-corrected chi connectivity index (χ3v) is 2.73. The molecule has 114 valence electrons. The summed E-state index contributed by atoms with van der Waals surface area (Å²) >= 11 is 5.73. The summed E-state index contributed by atoms with van der Waals surface area (Å²) < 4.78 is 4.74. The van der Waals surface area contributed by atoms with Crippen molar-refractivity contribution in [2.24, 2.45) is 0 Å². The summed E-state index contributed by atoms with van der Waals surface area (Å²) in [6, 6.07) is 1.05. The lowest BCUT2D eigenvalue weighted by Crippen LogP contribution is -2.25. The summed E-state index contributed by atoms with van der Waals surface area (Å²) in [5, 5.41) is 13.0. The molecule has 0 bridgehead atoms. The van der Waals surface area contributed by atoms with Crippen LogP contribution in [0.1, 0.15) is 30.1 Å². The van der Waals surface area contributed by atoms with Gasteiger partial charge >= 0.3 is 5.97 Å². The number of hydrogen-bond donors (Lipinski definition) is 1. The molecule has 0 saturated heterocycles. The zero-order valence-electron chi connectivity index (χ0n) is 11.3. The highest BCUT2D eigenvalue weighted by Gasteiger charge is 2.16. The van der Waals surface area contributed by atoms with Crippen molar-refractivity contribution in [3.05, 3.63) is 33.1 Å². The predicted molar refractivity (Wildman–Crippen MR) is 74.1 cm³/mol. The standard InChI is InChI=1S/C12H14ClN3O5/c1-2-21-10(17)4-3-5-14-12(18)9-6-8(16(19)20)7-15-11(9)13/h6-7H,2-5H2,1H3,(H,14,18). The summed E-state index contributed by atoms with van der Waals surface area (Å²) in [5.41, 5.74) is -0.405. The van der Waals surface area contributed by atoms with Crippen molar-refractivity contribution >= 4 is 29.2 Å². The van der Waals surface area contributed by atoms with Gasteiger partial charge in [0.25, 0.3) is 11.6 Å². The average molecular weight is 316 g/mol. The quantitative estimate of drug-likeness (QED) is 0.269. The topological polar surface area (TPSA) is 111 Å². The summed E-state index contributed by atoms with van der Waals surface area (Å²) in [5.74, 6) is -0.929. The van der Waals surface area contributed by atoms with Crippen molar-refractivity contribution < 1.29 is 19.2 Å². The van der Waals surface area contributed by atoms with Gasteiger partial charge in [-0.2, -0.15) is 0 Å². The van der Waals surface area contributed by atoms with Crippen LogP contribution in [0.25, 0.3) is 0 Å². The van der Waals surface area contributed by atoms with Crippen LogP contribution in [-0.4, -0.2) is 34.9 Å². The van der Waals surface area contributed by atoms with Crippen LogP contribution in [0.3, 0.4) is 0 Å². The molecule has 21 heavy (non-hydrogen) atoms. The van der Waals surface area contributed by atoms with Gasteiger partial charge in [0.1, 0.15) is 11.3 Å². The lowest BCUT2D eigenvalue weighted by atomic mass is 10.2. The zero-order chi connectivity index (χ0) is 15.8. The lowest BCUT2D eigenvalue weighted by molar-refractivity contribution is -0.385. The SMILES string of the molecule is CCOC(=O)CCCNC(=O)c1cc([N+](=O)[O-])cnc1Cl. The van der Waals surface area contributed by atoms with E-state index in [0.717, 1.165) is 12.3 Å². The van der Waals surface area contributed by atoms with Crippen LogP contribution in [0.4, 0.5) is 5.69 Å². The molecule has 0 aliphatic heterocycles. The first-order chi connectivity index (χ1) is 9.95. The van der Waals surface area contributed by atoms with Crippen LogP contribution in [0.5, 0.6) is 0 Å². The summed E-state index contributed by atoms with van der Waals surface area (Å²) in [4.78, 5) is 36.5. The number of halogens is 1. The number of carbonyl (C=O) groups excluding carboxylic acids is 2. The Balaban J connectivity index is 2.54. The van der Waals surface area contributed by atoms with E-state index in [2.05, 4.69) is 10.3 Å². The molecule has 8 nitrogen and oxygen atoms in total. The second-order valence-electron chi connectivity index (χ2n) is 3.95. The van der Waals surface area contributed by atoms with Gasteiger partial charge < -0.3 is 10.1 Å². The Morgan fingerprint density at radius 1 is 1.52 bits per heavy atom. The Morgan fingerprint density at radius 3 is 2.86 bits per heavy atom. The molecular formula is C12H14ClN3O5. The van der Waals surface area contributed by atoms with Crippen molar-refractivity contribution in [1.29, 1.82) is 0 Å². The Morgan fingerprint density at radius 2 is 2.24 bits per heavy atom. The highest BCUT2D eigenvalue weighted by Crippen LogP contribution is 2.18. The predicted octanol–water partition coefficient (Wildman–Crippen LogP) is 1.72. The number of hydrogen-bond acceptors (Lipinski definition) is 6. The minimum absolute atomic E-state index is 0.0815. The number of nitro groups is 1. The van der Waals surface area contributed by atoms with Crippen LogP contribution in [0.15, 0.2) is 12.3 Å². The van der Waals surface area contributed by atoms with Crippen LogP contribution in [0, 0.1) is 10.1 Å². The van der Waals surface area contributed by atoms with E-state index in [1.54, 1.807) is 6.92 Å². The molecule has 9 heteroatoms. The second kappa shape index (κ2) is 8.15. The van der Waals surface area contributed by atoms with Crippen molar-refractivity contribution in [2.75, 3.05) is 13.2 Å². The monoisotopic (exact) mass is 315 g/mol. The van der Waals surface area contributed by atoms with Crippen molar-refractivity contribution in [3.8, 4) is 0 Å². The van der Waals surface area contributed by atoms with E-state index in [1.165, 1.54) is 0 Å². The van der Waals surface area contributed by atoms with Gasteiger partial charge in [-0.05, 0) is 13.3 Å². The molecule has 1 N–H and O–H groups in total. The third kappa shape index (κ3) is 5.35. The van der Waals surface area contributed by atoms with Crippen molar-refractivity contribution in [3.63, 3.8) is 0 Å². The molecule has 0 aromatic carbocycles. The maximum absolute atomic E-state index is 11.8. The van der Waals surface area contributed by atoms with Gasteiger partial charge in [0, 0.05) is 19.0 Å². The molecule has 1 heterocycles. The van der Waals surface area contributed by atoms with E-state index in [-0.39, 0.29) is 35.3 Å². The second-order valence-corrected chi connectivity index (χ2v) is 4.31. The Kier molecular flexibility index (Phi) is 6.54. The molecule has 0 atom stereocenters. The third-order valence-electron chi connectivity index (χ3n) is 2.43. The highest BCUT2D eigenvalue weighted by atomic mass is 35.5. The largest absolute Gasteiger partial charge is 0.466 e. The number of nitrogens with one attached hydrogen (secondary N) is 1. The Labute approximate surface area is 125 Å². The lowest BCUT2D eigenvalue weighted by Gasteiger charge is -2.06. The highest BCUT2D eigenvalue weighted by molar-refractivity contribution is 6.32. The number of ether oxygens (including phenoxy) is 1. The fourth-order valence-corrected chi connectivity index (χ4v) is 1.65. The molecule has 1 aromatic rings. The van der Waals surface area contributed by atoms with Gasteiger partial charge in [-0.15, -0.1) is 0 Å². The number of pyridine rings is 1. The van der Waals surface area contributed by atoms with E-state index < -0.39 is 10.8 Å². The van der Waals surface area contributed by atoms with Gasteiger partial charge in [-0.3, -0.25) is 19.7 Å². The van der Waals surface area contributed by atoms with Crippen LogP contribution in [-0.2, 0) is 9.53 Å². The average Bonchev–Trinajstić information content (AvgIpc) is 2.44. The molecule has 0 aliphatic carbocycles. The smallest absolute Gasteiger partial charge is 0.305 e. The van der Waals surface area contributed by atoms with Gasteiger partial charge in [0.05, 0.1) is 17.1 Å². The minimum atomic E-state index is -0.666. The molecule has 0 unspecified atom stereocenters. The van der Waals surface area contributed by atoms with Crippen LogP contribution in [0.2, 0.25) is 5.15 Å². The van der Waals surface area contributed by atoms with Crippen LogP contribution >= 0.6 is 11.6 Å². The van der Waals surface area contributed by atoms with Gasteiger partial charge in [-0.25, -0.2) is 4.98 Å². The number of esters is 1. The number of rotatable bonds is 7. The zero-order valence-corrected chi connectivity index (χ0v) is 12.1. The number of nitrogens with zero attached hydrogens (tertiary/aromatic N) is 2. The van der Waals surface area contributed by atoms with E-state index in [1.807, 2.05) is 0 Å². The molecule has 1 aromatic heterocycles.